The van der Waals surface area contributed by atoms with Gasteiger partial charge in [-0.3, -0.25) is 0 Å². The first-order chi connectivity index (χ1) is 12.8. The van der Waals surface area contributed by atoms with Gasteiger partial charge in [0, 0.05) is 5.56 Å². The molecule has 0 spiro atoms. The molecule has 27 heavy (non-hydrogen) atoms. The van der Waals surface area contributed by atoms with Crippen LogP contribution in [-0.4, -0.2) is 38.5 Å². The van der Waals surface area contributed by atoms with Crippen LogP contribution in [0.15, 0.2) is 36.4 Å². The van der Waals surface area contributed by atoms with E-state index in [-0.39, 0.29) is 11.0 Å². The maximum Gasteiger partial charge on any atom is 0.335 e. The number of carbonyl (C=O) groups is 1. The van der Waals surface area contributed by atoms with Gasteiger partial charge in [0.1, 0.15) is 24.7 Å². The number of ether oxygens (including phenoxy) is 4. The largest absolute Gasteiger partial charge is 0.497 e. The van der Waals surface area contributed by atoms with E-state index >= 15 is 0 Å². The predicted octanol–water partition coefficient (Wildman–Crippen LogP) is 4.16. The summed E-state index contributed by atoms with van der Waals surface area (Å²) < 4.78 is 22.1. The third kappa shape index (κ3) is 5.29. The number of benzene rings is 2. The molecule has 2 aromatic carbocycles. The first-order valence-corrected chi connectivity index (χ1v) is 8.61. The van der Waals surface area contributed by atoms with Crippen molar-refractivity contribution in [3.8, 4) is 23.0 Å². The van der Waals surface area contributed by atoms with Crippen LogP contribution in [-0.2, 0) is 5.41 Å². The predicted molar refractivity (Wildman–Crippen MR) is 103 cm³/mol. The first-order valence-electron chi connectivity index (χ1n) is 8.61. The summed E-state index contributed by atoms with van der Waals surface area (Å²) >= 11 is 0. The summed E-state index contributed by atoms with van der Waals surface area (Å²) in [5.74, 6) is 1.39. The molecule has 1 N–H and O–H groups in total. The molecule has 0 aliphatic heterocycles. The van der Waals surface area contributed by atoms with Crippen molar-refractivity contribution in [2.75, 3.05) is 27.4 Å². The van der Waals surface area contributed by atoms with Gasteiger partial charge in [0.2, 0.25) is 0 Å². The topological polar surface area (TPSA) is 74.2 Å². The molecule has 0 amide bonds. The van der Waals surface area contributed by atoms with Gasteiger partial charge in [-0.25, -0.2) is 4.79 Å². The van der Waals surface area contributed by atoms with E-state index in [1.807, 2.05) is 18.2 Å². The molecule has 0 aromatic heterocycles. The van der Waals surface area contributed by atoms with Gasteiger partial charge in [0.25, 0.3) is 0 Å². The Labute approximate surface area is 159 Å². The first kappa shape index (κ1) is 20.4. The van der Waals surface area contributed by atoms with Gasteiger partial charge in [-0.05, 0) is 41.8 Å². The summed E-state index contributed by atoms with van der Waals surface area (Å²) in [6.07, 6.45) is 0. The Morgan fingerprint density at radius 1 is 0.889 bits per heavy atom. The molecule has 6 nitrogen and oxygen atoms in total. The van der Waals surface area contributed by atoms with Crippen molar-refractivity contribution >= 4 is 5.97 Å². The molecule has 2 aromatic rings. The van der Waals surface area contributed by atoms with Crippen LogP contribution in [0.1, 0.15) is 36.7 Å². The highest BCUT2D eigenvalue weighted by Gasteiger charge is 2.20. The average molecular weight is 374 g/mol. The van der Waals surface area contributed by atoms with E-state index in [0.29, 0.717) is 24.7 Å². The second-order valence-corrected chi connectivity index (χ2v) is 6.98. The lowest BCUT2D eigenvalue weighted by molar-refractivity contribution is 0.0696. The lowest BCUT2D eigenvalue weighted by Gasteiger charge is -2.23. The Morgan fingerprint density at radius 2 is 1.52 bits per heavy atom. The molecule has 0 saturated heterocycles. The molecule has 0 bridgehead atoms. The average Bonchev–Trinajstić information content (AvgIpc) is 2.64. The van der Waals surface area contributed by atoms with Crippen LogP contribution < -0.4 is 18.9 Å². The third-order valence-corrected chi connectivity index (χ3v) is 4.00. The molecule has 0 fully saturated rings. The van der Waals surface area contributed by atoms with Crippen molar-refractivity contribution in [2.45, 2.75) is 26.2 Å². The monoisotopic (exact) mass is 374 g/mol. The zero-order valence-electron chi connectivity index (χ0n) is 16.4. The number of aromatic carboxylic acids is 1. The lowest BCUT2D eigenvalue weighted by atomic mass is 9.86. The highest BCUT2D eigenvalue weighted by Crippen LogP contribution is 2.34. The standard InChI is InChI=1S/C21H26O6/c1-21(2,3)16-13-15(24-4)7-9-17(16)26-10-11-27-18-8-6-14(20(22)23)12-19(18)25-5/h6-9,12-13H,10-11H2,1-5H3,(H,22,23). The Hall–Kier alpha value is -2.89. The van der Waals surface area contributed by atoms with E-state index in [1.54, 1.807) is 13.2 Å². The second-order valence-electron chi connectivity index (χ2n) is 6.98. The number of carboxylic acid groups (broad SMARTS) is 1. The fraction of sp³-hybridized carbons (Fsp3) is 0.381. The molecule has 146 valence electrons. The van der Waals surface area contributed by atoms with E-state index in [0.717, 1.165) is 17.1 Å². The molecule has 2 rings (SSSR count). The summed E-state index contributed by atoms with van der Waals surface area (Å²) in [5.41, 5.74) is 1.09. The van der Waals surface area contributed by atoms with E-state index < -0.39 is 5.97 Å². The number of carboxylic acids is 1. The van der Waals surface area contributed by atoms with Gasteiger partial charge in [-0.15, -0.1) is 0 Å². The zero-order valence-corrected chi connectivity index (χ0v) is 16.4. The lowest BCUT2D eigenvalue weighted by Crippen LogP contribution is -2.16. The van der Waals surface area contributed by atoms with Crippen LogP contribution in [0.5, 0.6) is 23.0 Å². The van der Waals surface area contributed by atoms with Crippen molar-refractivity contribution in [3.63, 3.8) is 0 Å². The van der Waals surface area contributed by atoms with E-state index in [1.165, 1.54) is 19.2 Å². The van der Waals surface area contributed by atoms with Gasteiger partial charge in [-0.2, -0.15) is 0 Å². The summed E-state index contributed by atoms with van der Waals surface area (Å²) in [7, 11) is 3.11. The molecular formula is C21H26O6. The molecule has 0 atom stereocenters. The molecule has 0 unspecified atom stereocenters. The Bertz CT molecular complexity index is 792. The Kier molecular flexibility index (Phi) is 6.55. The van der Waals surface area contributed by atoms with Crippen molar-refractivity contribution in [1.29, 1.82) is 0 Å². The van der Waals surface area contributed by atoms with Gasteiger partial charge < -0.3 is 24.1 Å². The van der Waals surface area contributed by atoms with Crippen LogP contribution in [0.3, 0.4) is 0 Å². The van der Waals surface area contributed by atoms with Crippen LogP contribution in [0.4, 0.5) is 0 Å². The second kappa shape index (κ2) is 8.66. The zero-order chi connectivity index (χ0) is 20.0. The normalized spacial score (nSPS) is 11.0. The van der Waals surface area contributed by atoms with Crippen LogP contribution in [0.2, 0.25) is 0 Å². The SMILES string of the molecule is COc1ccc(OCCOc2ccc(C(=O)O)cc2OC)c(C(C)(C)C)c1. The van der Waals surface area contributed by atoms with E-state index in [9.17, 15) is 4.79 Å². The molecule has 0 radical (unpaired) electrons. The Balaban J connectivity index is 2.02. The molecule has 0 saturated carbocycles. The highest BCUT2D eigenvalue weighted by molar-refractivity contribution is 5.88. The van der Waals surface area contributed by atoms with Crippen molar-refractivity contribution in [1.82, 2.24) is 0 Å². The fourth-order valence-electron chi connectivity index (χ4n) is 2.57. The number of hydrogen-bond donors (Lipinski definition) is 1. The maximum atomic E-state index is 11.0. The maximum absolute atomic E-state index is 11.0. The summed E-state index contributed by atoms with van der Waals surface area (Å²) in [6.45, 7) is 6.96. The molecule has 0 aliphatic rings. The fourth-order valence-corrected chi connectivity index (χ4v) is 2.57. The molecular weight excluding hydrogens is 348 g/mol. The van der Waals surface area contributed by atoms with E-state index in [2.05, 4.69) is 20.8 Å². The van der Waals surface area contributed by atoms with Gasteiger partial charge >= 0.3 is 5.97 Å². The minimum absolute atomic E-state index is 0.0966. The molecule has 6 heteroatoms. The number of rotatable bonds is 8. The highest BCUT2D eigenvalue weighted by atomic mass is 16.5. The van der Waals surface area contributed by atoms with Crippen LogP contribution >= 0.6 is 0 Å². The summed E-state index contributed by atoms with van der Waals surface area (Å²) in [5, 5.41) is 9.04. The molecule has 0 aliphatic carbocycles. The Morgan fingerprint density at radius 3 is 2.07 bits per heavy atom. The van der Waals surface area contributed by atoms with Gasteiger partial charge in [0.05, 0.1) is 19.8 Å². The quantitative estimate of drug-likeness (QED) is 0.700. The van der Waals surface area contributed by atoms with Crippen LogP contribution in [0, 0.1) is 0 Å². The summed E-state index contributed by atoms with van der Waals surface area (Å²) in [4.78, 5) is 11.0. The van der Waals surface area contributed by atoms with Crippen molar-refractivity contribution in [3.05, 3.63) is 47.5 Å². The van der Waals surface area contributed by atoms with Gasteiger partial charge in [0.15, 0.2) is 11.5 Å². The number of hydrogen-bond acceptors (Lipinski definition) is 5. The summed E-state index contributed by atoms with van der Waals surface area (Å²) in [6, 6.07) is 10.2. The minimum Gasteiger partial charge on any atom is -0.497 e. The smallest absolute Gasteiger partial charge is 0.335 e. The minimum atomic E-state index is -1.02. The van der Waals surface area contributed by atoms with Crippen molar-refractivity contribution < 1.29 is 28.8 Å². The molecule has 0 heterocycles. The number of methoxy groups -OCH3 is 2. The third-order valence-electron chi connectivity index (χ3n) is 4.00. The van der Waals surface area contributed by atoms with Crippen molar-refractivity contribution in [2.24, 2.45) is 0 Å². The van der Waals surface area contributed by atoms with Crippen LogP contribution in [0.25, 0.3) is 0 Å². The van der Waals surface area contributed by atoms with E-state index in [4.69, 9.17) is 24.1 Å². The van der Waals surface area contributed by atoms with Gasteiger partial charge in [-0.1, -0.05) is 20.8 Å².